The fourth-order valence-electron chi connectivity index (χ4n) is 2.13. The minimum absolute atomic E-state index is 0.241. The molecule has 2 heterocycles. The third-order valence-electron chi connectivity index (χ3n) is 3.20. The lowest BCUT2D eigenvalue weighted by Gasteiger charge is -2.05. The number of carbonyl (C=O) groups excluding carboxylic acids is 1. The van der Waals surface area contributed by atoms with E-state index in [1.165, 1.54) is 11.3 Å². The van der Waals surface area contributed by atoms with E-state index in [0.29, 0.717) is 21.2 Å². The van der Waals surface area contributed by atoms with Crippen molar-refractivity contribution in [3.05, 3.63) is 52.3 Å². The Balaban J connectivity index is 2.04. The lowest BCUT2D eigenvalue weighted by molar-refractivity contribution is 0.0971. The molecule has 21 heavy (non-hydrogen) atoms. The molecule has 0 unspecified atom stereocenters. The summed E-state index contributed by atoms with van der Waals surface area (Å²) in [6, 6.07) is 10.9. The summed E-state index contributed by atoms with van der Waals surface area (Å²) in [6.07, 6.45) is 1.78. The molecule has 0 saturated carbocycles. The first-order valence-electron chi connectivity index (χ1n) is 6.21. The van der Waals surface area contributed by atoms with Crippen LogP contribution in [0.5, 0.6) is 0 Å². The lowest BCUT2D eigenvalue weighted by Crippen LogP contribution is -2.14. The second-order valence-corrected chi connectivity index (χ2v) is 6.09. The maximum Gasteiger partial charge on any atom is 0.203 e. The lowest BCUT2D eigenvalue weighted by atomic mass is 10.0. The van der Waals surface area contributed by atoms with Crippen LogP contribution in [-0.4, -0.2) is 15.3 Å². The molecule has 0 aliphatic carbocycles. The highest BCUT2D eigenvalue weighted by atomic mass is 35.5. The highest BCUT2D eigenvalue weighted by Gasteiger charge is 2.26. The number of thiazole rings is 1. The number of hydrogen-bond acceptors (Lipinski definition) is 4. The van der Waals surface area contributed by atoms with E-state index in [9.17, 15) is 10.1 Å². The van der Waals surface area contributed by atoms with Crippen molar-refractivity contribution >= 4 is 38.9 Å². The van der Waals surface area contributed by atoms with Crippen LogP contribution in [0.2, 0.25) is 5.02 Å². The molecule has 104 valence electrons. The molecule has 0 fully saturated rings. The monoisotopic (exact) mass is 315 g/mol. The van der Waals surface area contributed by atoms with Crippen LogP contribution in [0.3, 0.4) is 0 Å². The Hall–Kier alpha value is -2.16. The number of aryl methyl sites for hydroxylation is 1. The smallest absolute Gasteiger partial charge is 0.203 e. The van der Waals surface area contributed by atoms with Crippen molar-refractivity contribution in [2.45, 2.75) is 5.92 Å². The fraction of sp³-hybridized carbons (Fsp3) is 0.133. The Labute approximate surface area is 130 Å². The van der Waals surface area contributed by atoms with Gasteiger partial charge in [-0.1, -0.05) is 11.6 Å². The Morgan fingerprint density at radius 2 is 2.29 bits per heavy atom. The standard InChI is InChI=1S/C15H10ClN3OS/c1-19-6-2-3-12(19)14(20)10(8-17)15-18-11-7-9(16)4-5-13(11)21-15/h2-7,10H,1H3/t10-/m1/s1. The molecule has 0 spiro atoms. The summed E-state index contributed by atoms with van der Waals surface area (Å²) < 4.78 is 2.62. The van der Waals surface area contributed by atoms with Gasteiger partial charge in [0.25, 0.3) is 0 Å². The summed E-state index contributed by atoms with van der Waals surface area (Å²) in [5.74, 6) is -1.13. The first-order valence-corrected chi connectivity index (χ1v) is 7.41. The van der Waals surface area contributed by atoms with Crippen molar-refractivity contribution in [2.24, 2.45) is 7.05 Å². The average Bonchev–Trinajstić information content (AvgIpc) is 3.05. The zero-order valence-corrected chi connectivity index (χ0v) is 12.6. The number of aromatic nitrogens is 2. The van der Waals surface area contributed by atoms with Gasteiger partial charge in [-0.2, -0.15) is 5.26 Å². The van der Waals surface area contributed by atoms with Crippen molar-refractivity contribution < 1.29 is 4.79 Å². The minimum Gasteiger partial charge on any atom is -0.348 e. The molecule has 0 amide bonds. The molecule has 3 rings (SSSR count). The summed E-state index contributed by atoms with van der Waals surface area (Å²) in [7, 11) is 1.78. The van der Waals surface area contributed by atoms with Gasteiger partial charge < -0.3 is 4.57 Å². The molecule has 2 aromatic heterocycles. The van der Waals surface area contributed by atoms with Crippen molar-refractivity contribution in [3.8, 4) is 6.07 Å². The van der Waals surface area contributed by atoms with Gasteiger partial charge in [0.05, 0.1) is 22.0 Å². The van der Waals surface area contributed by atoms with Gasteiger partial charge in [0, 0.05) is 18.3 Å². The van der Waals surface area contributed by atoms with Gasteiger partial charge >= 0.3 is 0 Å². The number of nitriles is 1. The second-order valence-electron chi connectivity index (χ2n) is 4.59. The highest BCUT2D eigenvalue weighted by Crippen LogP contribution is 2.30. The molecule has 1 aromatic carbocycles. The number of ketones is 1. The first kappa shape index (κ1) is 13.8. The van der Waals surface area contributed by atoms with Crippen LogP contribution in [-0.2, 0) is 7.05 Å². The van der Waals surface area contributed by atoms with Crippen molar-refractivity contribution in [2.75, 3.05) is 0 Å². The van der Waals surface area contributed by atoms with Gasteiger partial charge in [0.15, 0.2) is 5.92 Å². The first-order chi connectivity index (χ1) is 10.1. The average molecular weight is 316 g/mol. The summed E-state index contributed by atoms with van der Waals surface area (Å²) >= 11 is 7.28. The van der Waals surface area contributed by atoms with E-state index in [0.717, 1.165) is 4.70 Å². The molecule has 0 aliphatic heterocycles. The van der Waals surface area contributed by atoms with Crippen LogP contribution in [0.4, 0.5) is 0 Å². The number of benzene rings is 1. The van der Waals surface area contributed by atoms with E-state index in [-0.39, 0.29) is 5.78 Å². The van der Waals surface area contributed by atoms with Crippen LogP contribution >= 0.6 is 22.9 Å². The Morgan fingerprint density at radius 3 is 2.95 bits per heavy atom. The summed E-state index contributed by atoms with van der Waals surface area (Å²) in [5.41, 5.74) is 1.21. The van der Waals surface area contributed by atoms with Gasteiger partial charge in [-0.15, -0.1) is 11.3 Å². The maximum absolute atomic E-state index is 12.5. The largest absolute Gasteiger partial charge is 0.348 e. The molecular formula is C15H10ClN3OS. The molecule has 0 radical (unpaired) electrons. The number of hydrogen-bond donors (Lipinski definition) is 0. The van der Waals surface area contributed by atoms with Gasteiger partial charge in [-0.05, 0) is 30.3 Å². The molecule has 1 atom stereocenters. The van der Waals surface area contributed by atoms with E-state index in [1.807, 2.05) is 6.07 Å². The Kier molecular flexibility index (Phi) is 3.50. The number of halogens is 1. The molecule has 0 N–H and O–H groups in total. The van der Waals surface area contributed by atoms with Crippen LogP contribution in [0.15, 0.2) is 36.5 Å². The summed E-state index contributed by atoms with van der Waals surface area (Å²) in [4.78, 5) is 16.9. The van der Waals surface area contributed by atoms with Gasteiger partial charge in [0.1, 0.15) is 5.01 Å². The highest BCUT2D eigenvalue weighted by molar-refractivity contribution is 7.18. The molecule has 0 bridgehead atoms. The number of nitrogens with zero attached hydrogens (tertiary/aromatic N) is 3. The van der Waals surface area contributed by atoms with E-state index in [1.54, 1.807) is 42.1 Å². The van der Waals surface area contributed by atoms with Crippen LogP contribution < -0.4 is 0 Å². The minimum atomic E-state index is -0.894. The SMILES string of the molecule is Cn1cccc1C(=O)[C@@H](C#N)c1nc2cc(Cl)ccc2s1. The quantitative estimate of drug-likeness (QED) is 0.691. The topological polar surface area (TPSA) is 58.7 Å². The van der Waals surface area contributed by atoms with Crippen LogP contribution in [0.1, 0.15) is 21.4 Å². The number of carbonyl (C=O) groups is 1. The van der Waals surface area contributed by atoms with Crippen LogP contribution in [0, 0.1) is 11.3 Å². The predicted octanol–water partition coefficient (Wildman–Crippen LogP) is 3.78. The van der Waals surface area contributed by atoms with Gasteiger partial charge in [-0.25, -0.2) is 4.98 Å². The maximum atomic E-state index is 12.5. The van der Waals surface area contributed by atoms with Crippen molar-refractivity contribution in [3.63, 3.8) is 0 Å². The van der Waals surface area contributed by atoms with E-state index < -0.39 is 5.92 Å². The zero-order valence-electron chi connectivity index (χ0n) is 11.1. The van der Waals surface area contributed by atoms with E-state index >= 15 is 0 Å². The molecule has 6 heteroatoms. The molecule has 0 saturated heterocycles. The molecule has 0 aliphatic rings. The number of fused-ring (bicyclic) bond motifs is 1. The number of rotatable bonds is 3. The molecule has 3 aromatic rings. The third-order valence-corrected chi connectivity index (χ3v) is 4.54. The summed E-state index contributed by atoms with van der Waals surface area (Å²) in [5, 5.41) is 10.5. The number of Topliss-reactive ketones (excluding diaryl/α,β-unsaturated/α-hetero) is 1. The zero-order chi connectivity index (χ0) is 15.0. The fourth-order valence-corrected chi connectivity index (χ4v) is 3.29. The van der Waals surface area contributed by atoms with E-state index in [4.69, 9.17) is 11.6 Å². The Morgan fingerprint density at radius 1 is 1.48 bits per heavy atom. The van der Waals surface area contributed by atoms with Crippen molar-refractivity contribution in [1.29, 1.82) is 5.26 Å². The molecular weight excluding hydrogens is 306 g/mol. The molecule has 4 nitrogen and oxygen atoms in total. The van der Waals surface area contributed by atoms with Gasteiger partial charge in [0.2, 0.25) is 5.78 Å². The summed E-state index contributed by atoms with van der Waals surface area (Å²) in [6.45, 7) is 0. The Bertz CT molecular complexity index is 875. The van der Waals surface area contributed by atoms with E-state index in [2.05, 4.69) is 11.1 Å². The second kappa shape index (κ2) is 5.32. The van der Waals surface area contributed by atoms with Crippen LogP contribution in [0.25, 0.3) is 10.2 Å². The normalized spacial score (nSPS) is 12.2. The van der Waals surface area contributed by atoms with Gasteiger partial charge in [-0.3, -0.25) is 4.79 Å². The predicted molar refractivity (Wildman–Crippen MR) is 82.7 cm³/mol. The van der Waals surface area contributed by atoms with Crippen molar-refractivity contribution in [1.82, 2.24) is 9.55 Å². The third kappa shape index (κ3) is 2.44.